The molecule has 0 radical (unpaired) electrons. The van der Waals surface area contributed by atoms with E-state index in [1.165, 1.54) is 5.56 Å². The van der Waals surface area contributed by atoms with Gasteiger partial charge in [-0.05, 0) is 35.4 Å². The van der Waals surface area contributed by atoms with E-state index in [-0.39, 0.29) is 5.91 Å². The van der Waals surface area contributed by atoms with Gasteiger partial charge in [0.25, 0.3) is 0 Å². The van der Waals surface area contributed by atoms with E-state index in [1.807, 2.05) is 48.5 Å². The molecule has 0 spiro atoms. The van der Waals surface area contributed by atoms with Crippen molar-refractivity contribution in [3.05, 3.63) is 68.6 Å². The molecule has 2 aromatic rings. The van der Waals surface area contributed by atoms with E-state index in [1.54, 1.807) is 18.0 Å². The number of carbonyl (C=O) groups is 1. The number of halogens is 2. The zero-order chi connectivity index (χ0) is 15.8. The molecule has 0 aliphatic heterocycles. The molecule has 2 rings (SSSR count). The first kappa shape index (κ1) is 17.2. The number of amides is 1. The highest BCUT2D eigenvalue weighted by Gasteiger charge is 2.00. The molecule has 6 heteroatoms. The minimum Gasteiger partial charge on any atom is -0.272 e. The summed E-state index contributed by atoms with van der Waals surface area (Å²) in [4.78, 5) is 11.7. The van der Waals surface area contributed by atoms with Crippen LogP contribution in [0.4, 0.5) is 0 Å². The van der Waals surface area contributed by atoms with Crippen LogP contribution in [0.15, 0.2) is 62.6 Å². The Balaban J connectivity index is 1.69. The number of nitrogens with one attached hydrogen (secondary N) is 1. The molecule has 0 atom stereocenters. The predicted octanol–water partition coefficient (Wildman–Crippen LogP) is 4.60. The molecule has 0 bridgehead atoms. The number of carbonyl (C=O) groups excluding carboxylic acids is 1. The van der Waals surface area contributed by atoms with Crippen LogP contribution < -0.4 is 5.43 Å². The molecular formula is C16H14Br2N2OS. The lowest BCUT2D eigenvalue weighted by molar-refractivity contribution is -0.118. The third-order valence-corrected chi connectivity index (χ3v) is 4.75. The van der Waals surface area contributed by atoms with Crippen LogP contribution in [-0.4, -0.2) is 17.9 Å². The number of thioether (sulfide) groups is 1. The maximum Gasteiger partial charge on any atom is 0.250 e. The number of nitrogens with zero attached hydrogens (tertiary/aromatic N) is 1. The van der Waals surface area contributed by atoms with Crippen LogP contribution in [0.3, 0.4) is 0 Å². The Labute approximate surface area is 150 Å². The number of rotatable bonds is 6. The largest absolute Gasteiger partial charge is 0.272 e. The lowest BCUT2D eigenvalue weighted by atomic mass is 10.2. The molecular weight excluding hydrogens is 428 g/mol. The monoisotopic (exact) mass is 440 g/mol. The highest BCUT2D eigenvalue weighted by atomic mass is 79.9. The van der Waals surface area contributed by atoms with Gasteiger partial charge < -0.3 is 0 Å². The Hall–Kier alpha value is -1.11. The smallest absolute Gasteiger partial charge is 0.250 e. The second kappa shape index (κ2) is 9.12. The van der Waals surface area contributed by atoms with E-state index in [0.29, 0.717) is 5.75 Å². The minimum absolute atomic E-state index is 0.101. The van der Waals surface area contributed by atoms with E-state index in [9.17, 15) is 4.79 Å². The molecule has 0 saturated carbocycles. The van der Waals surface area contributed by atoms with Crippen LogP contribution in [0.25, 0.3) is 0 Å². The zero-order valence-corrected chi connectivity index (χ0v) is 15.6. The van der Waals surface area contributed by atoms with Gasteiger partial charge in [0, 0.05) is 14.7 Å². The van der Waals surface area contributed by atoms with Crippen molar-refractivity contribution < 1.29 is 4.79 Å². The fraction of sp³-hybridized carbons (Fsp3) is 0.125. The normalized spacial score (nSPS) is 10.8. The first-order valence-electron chi connectivity index (χ1n) is 6.53. The van der Waals surface area contributed by atoms with Gasteiger partial charge in [-0.15, -0.1) is 11.8 Å². The molecule has 0 heterocycles. The summed E-state index contributed by atoms with van der Waals surface area (Å²) in [5.41, 5.74) is 4.66. The lowest BCUT2D eigenvalue weighted by Crippen LogP contribution is -2.19. The summed E-state index contributed by atoms with van der Waals surface area (Å²) in [5, 5.41) is 3.95. The van der Waals surface area contributed by atoms with E-state index >= 15 is 0 Å². The third-order valence-electron chi connectivity index (χ3n) is 2.69. The molecule has 0 fully saturated rings. The van der Waals surface area contributed by atoms with Crippen molar-refractivity contribution in [3.63, 3.8) is 0 Å². The summed E-state index contributed by atoms with van der Waals surface area (Å²) < 4.78 is 2.07. The Morgan fingerprint density at radius 1 is 1.05 bits per heavy atom. The summed E-state index contributed by atoms with van der Waals surface area (Å²) in [7, 11) is 0. The summed E-state index contributed by atoms with van der Waals surface area (Å²) in [6.07, 6.45) is 1.63. The SMILES string of the molecule is O=C(CSCc1ccc(Br)cc1)N/N=C/c1ccc(Br)cc1. The number of hydrazone groups is 1. The molecule has 0 saturated heterocycles. The number of benzene rings is 2. The molecule has 3 nitrogen and oxygen atoms in total. The quantitative estimate of drug-likeness (QED) is 0.525. The van der Waals surface area contributed by atoms with Crippen molar-refractivity contribution in [2.75, 3.05) is 5.75 Å². The van der Waals surface area contributed by atoms with Crippen LogP contribution in [-0.2, 0) is 10.5 Å². The Kier molecular flexibility index (Phi) is 7.15. The highest BCUT2D eigenvalue weighted by molar-refractivity contribution is 9.10. The molecule has 1 amide bonds. The van der Waals surface area contributed by atoms with Crippen LogP contribution in [0, 0.1) is 0 Å². The molecule has 0 aliphatic rings. The van der Waals surface area contributed by atoms with E-state index < -0.39 is 0 Å². The molecule has 2 aromatic carbocycles. The van der Waals surface area contributed by atoms with Gasteiger partial charge in [0.05, 0.1) is 12.0 Å². The topological polar surface area (TPSA) is 41.5 Å². The summed E-state index contributed by atoms with van der Waals surface area (Å²) in [6.45, 7) is 0. The van der Waals surface area contributed by atoms with Crippen LogP contribution >= 0.6 is 43.6 Å². The highest BCUT2D eigenvalue weighted by Crippen LogP contribution is 2.15. The van der Waals surface area contributed by atoms with Crippen LogP contribution in [0.1, 0.15) is 11.1 Å². The van der Waals surface area contributed by atoms with Crippen LogP contribution in [0.5, 0.6) is 0 Å². The van der Waals surface area contributed by atoms with E-state index in [0.717, 1.165) is 20.3 Å². The predicted molar refractivity (Wildman–Crippen MR) is 100 cm³/mol. The standard InChI is InChI=1S/C16H14Br2N2OS/c17-14-5-1-12(2-6-14)9-19-20-16(21)11-22-10-13-3-7-15(18)8-4-13/h1-9H,10-11H2,(H,20,21)/b19-9+. The van der Waals surface area contributed by atoms with Gasteiger partial charge >= 0.3 is 0 Å². The molecule has 1 N–H and O–H groups in total. The minimum atomic E-state index is -0.101. The molecule has 114 valence electrons. The lowest BCUT2D eigenvalue weighted by Gasteiger charge is -2.02. The molecule has 0 unspecified atom stereocenters. The fourth-order valence-electron chi connectivity index (χ4n) is 1.60. The van der Waals surface area contributed by atoms with Crippen molar-refractivity contribution in [1.82, 2.24) is 5.43 Å². The van der Waals surface area contributed by atoms with E-state index in [2.05, 4.69) is 42.4 Å². The maximum absolute atomic E-state index is 11.7. The fourth-order valence-corrected chi connectivity index (χ4v) is 2.91. The first-order valence-corrected chi connectivity index (χ1v) is 9.27. The van der Waals surface area contributed by atoms with Crippen molar-refractivity contribution in [1.29, 1.82) is 0 Å². The van der Waals surface area contributed by atoms with Crippen molar-refractivity contribution in [2.24, 2.45) is 5.10 Å². The van der Waals surface area contributed by atoms with Gasteiger partial charge in [-0.25, -0.2) is 5.43 Å². The van der Waals surface area contributed by atoms with Gasteiger partial charge in [0.15, 0.2) is 0 Å². The van der Waals surface area contributed by atoms with Crippen molar-refractivity contribution in [3.8, 4) is 0 Å². The maximum atomic E-state index is 11.7. The molecule has 0 aromatic heterocycles. The van der Waals surface area contributed by atoms with Gasteiger partial charge in [0.2, 0.25) is 5.91 Å². The average molecular weight is 442 g/mol. The summed E-state index contributed by atoms with van der Waals surface area (Å²) in [6, 6.07) is 15.8. The summed E-state index contributed by atoms with van der Waals surface area (Å²) in [5.74, 6) is 1.08. The Morgan fingerprint density at radius 2 is 1.64 bits per heavy atom. The molecule has 0 aliphatic carbocycles. The van der Waals surface area contributed by atoms with Gasteiger partial charge in [-0.2, -0.15) is 5.10 Å². The Bertz CT molecular complexity index is 642. The third kappa shape index (κ3) is 6.34. The zero-order valence-electron chi connectivity index (χ0n) is 11.6. The van der Waals surface area contributed by atoms with Crippen molar-refractivity contribution >= 4 is 55.7 Å². The van der Waals surface area contributed by atoms with Gasteiger partial charge in [-0.3, -0.25) is 4.79 Å². The second-order valence-electron chi connectivity index (χ2n) is 4.46. The van der Waals surface area contributed by atoms with Gasteiger partial charge in [-0.1, -0.05) is 56.1 Å². The second-order valence-corrected chi connectivity index (χ2v) is 7.28. The summed E-state index contributed by atoms with van der Waals surface area (Å²) >= 11 is 8.33. The number of hydrogen-bond acceptors (Lipinski definition) is 3. The average Bonchev–Trinajstić information content (AvgIpc) is 2.51. The number of hydrogen-bond donors (Lipinski definition) is 1. The van der Waals surface area contributed by atoms with Crippen LogP contribution in [0.2, 0.25) is 0 Å². The van der Waals surface area contributed by atoms with E-state index in [4.69, 9.17) is 0 Å². The molecule has 22 heavy (non-hydrogen) atoms. The first-order chi connectivity index (χ1) is 10.6. The Morgan fingerprint density at radius 3 is 2.27 bits per heavy atom. The van der Waals surface area contributed by atoms with Crippen molar-refractivity contribution in [2.45, 2.75) is 5.75 Å². The van der Waals surface area contributed by atoms with Gasteiger partial charge in [0.1, 0.15) is 0 Å².